The number of allylic oxidation sites excluding steroid dienone is 4. The topological polar surface area (TPSA) is 21.7 Å². The maximum Gasteiger partial charge on any atom is 0.183 e. The highest BCUT2D eigenvalue weighted by Gasteiger charge is 2.50. The minimum absolute atomic E-state index is 0.125. The molecule has 4 aromatic rings. The number of benzene rings is 4. The van der Waals surface area contributed by atoms with E-state index in [0.29, 0.717) is 0 Å². The van der Waals surface area contributed by atoms with Crippen LogP contribution in [-0.4, -0.2) is 22.7 Å². The highest BCUT2D eigenvalue weighted by atomic mass is 16.6. The van der Waals surface area contributed by atoms with Gasteiger partial charge in [0.2, 0.25) is 0 Å². The van der Waals surface area contributed by atoms with Crippen LogP contribution in [0, 0.1) is 0 Å². The Hall–Kier alpha value is -4.70. The number of anilines is 1. The van der Waals surface area contributed by atoms with Gasteiger partial charge in [0, 0.05) is 17.5 Å². The van der Waals surface area contributed by atoms with Gasteiger partial charge in [-0.2, -0.15) is 0 Å². The van der Waals surface area contributed by atoms with Crippen LogP contribution in [0.1, 0.15) is 70.1 Å². The molecule has 0 amide bonds. The Balaban J connectivity index is 1.52. The van der Waals surface area contributed by atoms with Gasteiger partial charge in [-0.15, -0.1) is 0 Å². The van der Waals surface area contributed by atoms with Gasteiger partial charge < -0.3 is 14.4 Å². The number of hydrogen-bond acceptors (Lipinski definition) is 3. The minimum atomic E-state index is -0.990. The molecule has 4 aromatic carbocycles. The van der Waals surface area contributed by atoms with E-state index in [1.165, 1.54) is 11.1 Å². The third kappa shape index (κ3) is 7.80. The maximum absolute atomic E-state index is 7.21. The molecular weight excluding hydrogens is 599 g/mol. The number of hydrogen-bond donors (Lipinski definition) is 0. The molecule has 2 aliphatic carbocycles. The first-order valence-corrected chi connectivity index (χ1v) is 17.3. The van der Waals surface area contributed by atoms with Crippen molar-refractivity contribution in [3.8, 4) is 11.1 Å². The summed E-state index contributed by atoms with van der Waals surface area (Å²) in [7, 11) is 0. The standard InChI is InChI=1S/C46H49NO2/c1-8-35-19-21-38(22-20-35)39-23-25-42(26-24-39)47(45(48-43(2,3)4)31-27-40(28-32-45)36-15-11-9-12-16-36)46(49-44(5,6)7)33-29-41(30-34-46)37-17-13-10-14-18-37/h8-34,40-41H,1H2,2-7H3. The van der Waals surface area contributed by atoms with Gasteiger partial charge in [0.25, 0.3) is 0 Å². The maximum atomic E-state index is 7.21. The zero-order valence-electron chi connectivity index (χ0n) is 29.7. The van der Waals surface area contributed by atoms with Gasteiger partial charge in [0.05, 0.1) is 11.2 Å². The monoisotopic (exact) mass is 647 g/mol. The van der Waals surface area contributed by atoms with E-state index in [0.717, 1.165) is 22.4 Å². The second-order valence-corrected chi connectivity index (χ2v) is 15.0. The van der Waals surface area contributed by atoms with Crippen molar-refractivity contribution in [3.63, 3.8) is 0 Å². The summed E-state index contributed by atoms with van der Waals surface area (Å²) in [5.74, 6) is 0.250. The number of ether oxygens (including phenoxy) is 2. The molecule has 49 heavy (non-hydrogen) atoms. The lowest BCUT2D eigenvalue weighted by Crippen LogP contribution is -2.64. The minimum Gasteiger partial charge on any atom is -0.342 e. The van der Waals surface area contributed by atoms with Crippen LogP contribution in [0.5, 0.6) is 0 Å². The normalized spacial score (nSPS) is 23.4. The summed E-state index contributed by atoms with van der Waals surface area (Å²) in [5, 5.41) is 0. The summed E-state index contributed by atoms with van der Waals surface area (Å²) in [6, 6.07) is 38.4. The molecule has 0 spiro atoms. The van der Waals surface area contributed by atoms with Crippen LogP contribution < -0.4 is 4.90 Å². The van der Waals surface area contributed by atoms with E-state index in [-0.39, 0.29) is 11.8 Å². The first-order chi connectivity index (χ1) is 23.4. The van der Waals surface area contributed by atoms with Crippen molar-refractivity contribution in [2.24, 2.45) is 0 Å². The van der Waals surface area contributed by atoms with Gasteiger partial charge in [-0.3, -0.25) is 0 Å². The fourth-order valence-electron chi connectivity index (χ4n) is 6.80. The molecule has 0 N–H and O–H groups in total. The van der Waals surface area contributed by atoms with Crippen molar-refractivity contribution in [2.45, 2.75) is 76.0 Å². The first-order valence-electron chi connectivity index (χ1n) is 17.3. The second-order valence-electron chi connectivity index (χ2n) is 15.0. The van der Waals surface area contributed by atoms with Gasteiger partial charge in [-0.1, -0.05) is 134 Å². The predicted octanol–water partition coefficient (Wildman–Crippen LogP) is 11.6. The summed E-state index contributed by atoms with van der Waals surface area (Å²) >= 11 is 0. The smallest absolute Gasteiger partial charge is 0.183 e. The van der Waals surface area contributed by atoms with E-state index in [1.54, 1.807) is 0 Å². The van der Waals surface area contributed by atoms with Crippen LogP contribution in [-0.2, 0) is 9.47 Å². The molecule has 0 fully saturated rings. The molecule has 0 saturated heterocycles. The predicted molar refractivity (Wildman–Crippen MR) is 207 cm³/mol. The van der Waals surface area contributed by atoms with Crippen LogP contribution in [0.15, 0.2) is 164 Å². The summed E-state index contributed by atoms with van der Waals surface area (Å²) < 4.78 is 14.4. The van der Waals surface area contributed by atoms with Crippen LogP contribution in [0.3, 0.4) is 0 Å². The molecule has 0 radical (unpaired) electrons. The molecule has 2 aliphatic rings. The zero-order valence-corrected chi connectivity index (χ0v) is 29.7. The third-order valence-corrected chi connectivity index (χ3v) is 8.78. The van der Waals surface area contributed by atoms with E-state index in [2.05, 4.69) is 211 Å². The molecule has 0 saturated carbocycles. The quantitative estimate of drug-likeness (QED) is 0.133. The average Bonchev–Trinajstić information content (AvgIpc) is 3.09. The second kappa shape index (κ2) is 13.7. The van der Waals surface area contributed by atoms with E-state index in [1.807, 2.05) is 6.08 Å². The van der Waals surface area contributed by atoms with Crippen LogP contribution >= 0.6 is 0 Å². The van der Waals surface area contributed by atoms with Gasteiger partial charge in [0.1, 0.15) is 0 Å². The van der Waals surface area contributed by atoms with Crippen LogP contribution in [0.4, 0.5) is 5.69 Å². The Morgan fingerprint density at radius 1 is 0.531 bits per heavy atom. The summed E-state index contributed by atoms with van der Waals surface area (Å²) in [6.45, 7) is 16.6. The Morgan fingerprint density at radius 3 is 1.24 bits per heavy atom. The Bertz CT molecular complexity index is 1710. The molecule has 6 rings (SSSR count). The first kappa shape index (κ1) is 34.2. The Kier molecular flexibility index (Phi) is 9.53. The summed E-state index contributed by atoms with van der Waals surface area (Å²) in [6.07, 6.45) is 19.8. The largest absolute Gasteiger partial charge is 0.342 e. The molecule has 250 valence electrons. The van der Waals surface area contributed by atoms with E-state index < -0.39 is 22.7 Å². The van der Waals surface area contributed by atoms with Crippen molar-refractivity contribution >= 4 is 11.8 Å². The molecule has 0 heterocycles. The lowest BCUT2D eigenvalue weighted by molar-refractivity contribution is -0.135. The fraction of sp³-hybridized carbons (Fsp3) is 0.261. The van der Waals surface area contributed by atoms with Gasteiger partial charge in [0.15, 0.2) is 11.4 Å². The lowest BCUT2D eigenvalue weighted by atomic mass is 9.86. The molecule has 3 nitrogen and oxygen atoms in total. The molecule has 0 aliphatic heterocycles. The molecule has 3 heteroatoms. The van der Waals surface area contributed by atoms with Crippen molar-refractivity contribution in [1.29, 1.82) is 0 Å². The number of nitrogens with zero attached hydrogens (tertiary/aromatic N) is 1. The van der Waals surface area contributed by atoms with E-state index in [9.17, 15) is 0 Å². The highest BCUT2D eigenvalue weighted by molar-refractivity contribution is 5.69. The molecule has 0 unspecified atom stereocenters. The SMILES string of the molecule is C=Cc1ccc(-c2ccc(N(C3(OC(C)(C)C)C=CC(c4ccccc4)C=C3)C3(OC(C)(C)C)C=CC(c4ccccc4)C=C3)cc2)cc1. The molecule has 0 atom stereocenters. The van der Waals surface area contributed by atoms with Crippen LogP contribution in [0.2, 0.25) is 0 Å². The third-order valence-electron chi connectivity index (χ3n) is 8.78. The molecule has 0 aromatic heterocycles. The zero-order chi connectivity index (χ0) is 34.7. The van der Waals surface area contributed by atoms with Gasteiger partial charge in [-0.05, 0) is 106 Å². The fourth-order valence-corrected chi connectivity index (χ4v) is 6.80. The summed E-state index contributed by atoms with van der Waals surface area (Å²) in [5.41, 5.74) is 3.87. The van der Waals surface area contributed by atoms with Crippen molar-refractivity contribution in [3.05, 3.63) is 181 Å². The Morgan fingerprint density at radius 2 is 0.898 bits per heavy atom. The number of rotatable bonds is 9. The van der Waals surface area contributed by atoms with Crippen molar-refractivity contribution in [1.82, 2.24) is 0 Å². The van der Waals surface area contributed by atoms with Gasteiger partial charge >= 0.3 is 0 Å². The lowest BCUT2D eigenvalue weighted by Gasteiger charge is -2.55. The van der Waals surface area contributed by atoms with Crippen LogP contribution in [0.25, 0.3) is 17.2 Å². The molecular formula is C46H49NO2. The average molecular weight is 648 g/mol. The molecule has 0 bridgehead atoms. The van der Waals surface area contributed by atoms with E-state index >= 15 is 0 Å². The Labute approximate surface area is 293 Å². The van der Waals surface area contributed by atoms with Crippen molar-refractivity contribution in [2.75, 3.05) is 4.90 Å². The van der Waals surface area contributed by atoms with E-state index in [4.69, 9.17) is 9.47 Å². The highest BCUT2D eigenvalue weighted by Crippen LogP contribution is 2.46. The summed E-state index contributed by atoms with van der Waals surface area (Å²) in [4.78, 5) is 2.31. The van der Waals surface area contributed by atoms with Crippen molar-refractivity contribution < 1.29 is 9.47 Å². The van der Waals surface area contributed by atoms with Gasteiger partial charge in [-0.25, -0.2) is 0 Å².